The fourth-order valence-corrected chi connectivity index (χ4v) is 3.39. The van der Waals surface area contributed by atoms with Crippen LogP contribution in [0.15, 0.2) is 17.2 Å². The summed E-state index contributed by atoms with van der Waals surface area (Å²) in [6, 6.07) is 2.05. The number of hydrogen-bond acceptors (Lipinski definition) is 7. The molecule has 3 rings (SSSR count). The quantitative estimate of drug-likeness (QED) is 0.720. The van der Waals surface area contributed by atoms with E-state index in [2.05, 4.69) is 20.6 Å². The van der Waals surface area contributed by atoms with Gasteiger partial charge in [-0.15, -0.1) is 0 Å². The Balaban J connectivity index is 1.60. The Bertz CT molecular complexity index is 641. The van der Waals surface area contributed by atoms with Gasteiger partial charge in [0, 0.05) is 18.8 Å². The average Bonchev–Trinajstić information content (AvgIpc) is 2.85. The van der Waals surface area contributed by atoms with E-state index in [1.807, 2.05) is 0 Å². The number of nitrogens with zero attached hydrogens (tertiary/aromatic N) is 2. The summed E-state index contributed by atoms with van der Waals surface area (Å²) in [5, 5.41) is 5.11. The maximum atomic E-state index is 11.5. The number of amides is 2. The van der Waals surface area contributed by atoms with Crippen LogP contribution in [0.2, 0.25) is 0 Å². The maximum absolute atomic E-state index is 11.5. The van der Waals surface area contributed by atoms with E-state index in [1.165, 1.54) is 0 Å². The van der Waals surface area contributed by atoms with Crippen molar-refractivity contribution in [3.8, 4) is 0 Å². The molecule has 1 saturated carbocycles. The van der Waals surface area contributed by atoms with Gasteiger partial charge in [0.1, 0.15) is 0 Å². The number of aromatic nitrogens is 2. The Labute approximate surface area is 138 Å². The molecule has 1 saturated heterocycles. The van der Waals surface area contributed by atoms with Crippen LogP contribution in [-0.2, 0) is 4.79 Å². The molecule has 1 aromatic heterocycles. The summed E-state index contributed by atoms with van der Waals surface area (Å²) in [7, 11) is 0. The SMILES string of the molecule is NC1CCC(CNc2nccc(/C=C3\SC(=O)NC3=O)n2)CC1. The molecule has 1 aliphatic carbocycles. The van der Waals surface area contributed by atoms with E-state index < -0.39 is 0 Å². The summed E-state index contributed by atoms with van der Waals surface area (Å²) in [5.74, 6) is 0.741. The van der Waals surface area contributed by atoms with Crippen LogP contribution in [0, 0.1) is 5.92 Å². The summed E-state index contributed by atoms with van der Waals surface area (Å²) in [6.07, 6.45) is 7.61. The number of nitrogens with one attached hydrogen (secondary N) is 2. The first-order chi connectivity index (χ1) is 11.1. The van der Waals surface area contributed by atoms with E-state index in [9.17, 15) is 9.59 Å². The molecule has 7 nitrogen and oxygen atoms in total. The first-order valence-corrected chi connectivity index (χ1v) is 8.49. The lowest BCUT2D eigenvalue weighted by Gasteiger charge is -2.26. The second kappa shape index (κ2) is 7.10. The van der Waals surface area contributed by atoms with Crippen molar-refractivity contribution in [1.82, 2.24) is 15.3 Å². The van der Waals surface area contributed by atoms with E-state index in [0.29, 0.717) is 28.5 Å². The van der Waals surface area contributed by atoms with Crippen LogP contribution in [0.25, 0.3) is 6.08 Å². The molecule has 2 amide bonds. The normalized spacial score (nSPS) is 26.4. The van der Waals surface area contributed by atoms with Crippen LogP contribution in [0.5, 0.6) is 0 Å². The predicted octanol–water partition coefficient (Wildman–Crippen LogP) is 1.73. The summed E-state index contributed by atoms with van der Waals surface area (Å²) in [5.41, 5.74) is 6.51. The van der Waals surface area contributed by atoms with Crippen LogP contribution >= 0.6 is 11.8 Å². The van der Waals surface area contributed by atoms with Crippen LogP contribution in [0.1, 0.15) is 31.4 Å². The van der Waals surface area contributed by atoms with E-state index in [0.717, 1.165) is 44.0 Å². The minimum absolute atomic E-state index is 0.343. The molecule has 2 aliphatic rings. The van der Waals surface area contributed by atoms with Crippen LogP contribution in [0.3, 0.4) is 0 Å². The highest BCUT2D eigenvalue weighted by atomic mass is 32.2. The Kier molecular flexibility index (Phi) is 4.92. The van der Waals surface area contributed by atoms with Gasteiger partial charge in [-0.25, -0.2) is 9.97 Å². The Morgan fingerprint density at radius 2 is 2.13 bits per heavy atom. The minimum Gasteiger partial charge on any atom is -0.354 e. The topological polar surface area (TPSA) is 110 Å². The third kappa shape index (κ3) is 4.29. The largest absolute Gasteiger partial charge is 0.354 e. The Morgan fingerprint density at radius 3 is 2.83 bits per heavy atom. The minimum atomic E-state index is -0.383. The van der Waals surface area contributed by atoms with Crippen molar-refractivity contribution in [3.05, 3.63) is 22.9 Å². The van der Waals surface area contributed by atoms with E-state index in [1.54, 1.807) is 18.3 Å². The van der Waals surface area contributed by atoms with Crippen LogP contribution < -0.4 is 16.4 Å². The number of carbonyl (C=O) groups is 2. The summed E-state index contributed by atoms with van der Waals surface area (Å²) in [6.45, 7) is 0.820. The fourth-order valence-electron chi connectivity index (χ4n) is 2.72. The summed E-state index contributed by atoms with van der Waals surface area (Å²) >= 11 is 0.879. The number of thioether (sulfide) groups is 1. The molecule has 0 atom stereocenters. The second-order valence-electron chi connectivity index (χ2n) is 5.82. The third-order valence-electron chi connectivity index (χ3n) is 4.04. The molecule has 1 aromatic rings. The molecule has 0 unspecified atom stereocenters. The van der Waals surface area contributed by atoms with E-state index >= 15 is 0 Å². The highest BCUT2D eigenvalue weighted by molar-refractivity contribution is 8.18. The average molecular weight is 333 g/mol. The maximum Gasteiger partial charge on any atom is 0.290 e. The van der Waals surface area contributed by atoms with Gasteiger partial charge in [-0.2, -0.15) is 0 Å². The first kappa shape index (κ1) is 15.9. The van der Waals surface area contributed by atoms with Crippen LogP contribution in [0.4, 0.5) is 10.7 Å². The van der Waals surface area contributed by atoms with Gasteiger partial charge in [-0.1, -0.05) is 0 Å². The molecule has 8 heteroatoms. The van der Waals surface area contributed by atoms with Crippen molar-refractivity contribution in [2.45, 2.75) is 31.7 Å². The summed E-state index contributed by atoms with van der Waals surface area (Å²) in [4.78, 5) is 31.6. The molecule has 0 aromatic carbocycles. The van der Waals surface area contributed by atoms with E-state index in [-0.39, 0.29) is 11.1 Å². The number of nitrogens with two attached hydrogens (primary N) is 1. The van der Waals surface area contributed by atoms with Gasteiger partial charge in [0.05, 0.1) is 10.6 Å². The van der Waals surface area contributed by atoms with E-state index in [4.69, 9.17) is 5.73 Å². The van der Waals surface area contributed by atoms with Gasteiger partial charge >= 0.3 is 0 Å². The van der Waals surface area contributed by atoms with Gasteiger partial charge in [-0.3, -0.25) is 14.9 Å². The predicted molar refractivity (Wildman–Crippen MR) is 89.6 cm³/mol. The van der Waals surface area contributed by atoms with Crippen LogP contribution in [-0.4, -0.2) is 33.7 Å². The zero-order valence-corrected chi connectivity index (χ0v) is 13.4. The van der Waals surface area contributed by atoms with Gasteiger partial charge in [0.15, 0.2) is 0 Å². The number of rotatable bonds is 4. The molecule has 122 valence electrons. The lowest BCUT2D eigenvalue weighted by Crippen LogP contribution is -2.29. The molecular formula is C15H19N5O2S. The lowest BCUT2D eigenvalue weighted by molar-refractivity contribution is -0.115. The fraction of sp³-hybridized carbons (Fsp3) is 0.467. The van der Waals surface area contributed by atoms with Crippen molar-refractivity contribution in [3.63, 3.8) is 0 Å². The molecule has 4 N–H and O–H groups in total. The molecular weight excluding hydrogens is 314 g/mol. The first-order valence-electron chi connectivity index (χ1n) is 7.67. The van der Waals surface area contributed by atoms with Gasteiger partial charge in [0.2, 0.25) is 5.95 Å². The molecule has 23 heavy (non-hydrogen) atoms. The molecule has 2 heterocycles. The highest BCUT2D eigenvalue weighted by Gasteiger charge is 2.25. The second-order valence-corrected chi connectivity index (χ2v) is 6.83. The molecule has 0 bridgehead atoms. The van der Waals surface area contributed by atoms with Gasteiger partial charge in [-0.05, 0) is 55.5 Å². The molecule has 2 fully saturated rings. The number of hydrogen-bond donors (Lipinski definition) is 3. The number of imide groups is 1. The molecule has 1 aliphatic heterocycles. The standard InChI is InChI=1S/C15H19N5O2S/c16-10-3-1-9(2-4-10)8-18-14-17-6-5-11(19-14)7-12-13(21)20-15(22)23-12/h5-7,9-10H,1-4,8,16H2,(H,17,18,19)(H,20,21,22)/b12-7-. The van der Waals surface area contributed by atoms with Gasteiger partial charge < -0.3 is 11.1 Å². The molecule has 0 spiro atoms. The van der Waals surface area contributed by atoms with Crippen molar-refractivity contribution < 1.29 is 9.59 Å². The zero-order chi connectivity index (χ0) is 16.2. The summed E-state index contributed by atoms with van der Waals surface area (Å²) < 4.78 is 0. The van der Waals surface area contributed by atoms with Crippen molar-refractivity contribution in [2.24, 2.45) is 11.7 Å². The van der Waals surface area contributed by atoms with Crippen molar-refractivity contribution in [1.29, 1.82) is 0 Å². The highest BCUT2D eigenvalue weighted by Crippen LogP contribution is 2.25. The third-order valence-corrected chi connectivity index (χ3v) is 4.85. The lowest BCUT2D eigenvalue weighted by atomic mass is 9.86. The zero-order valence-electron chi connectivity index (χ0n) is 12.6. The van der Waals surface area contributed by atoms with Gasteiger partial charge in [0.25, 0.3) is 11.1 Å². The smallest absolute Gasteiger partial charge is 0.290 e. The number of anilines is 1. The van der Waals surface area contributed by atoms with Crippen molar-refractivity contribution >= 4 is 34.9 Å². The monoisotopic (exact) mass is 333 g/mol. The molecule has 0 radical (unpaired) electrons. The van der Waals surface area contributed by atoms with Crippen molar-refractivity contribution in [2.75, 3.05) is 11.9 Å². The number of carbonyl (C=O) groups excluding carboxylic acids is 2. The Hall–Kier alpha value is -1.93. The Morgan fingerprint density at radius 1 is 1.35 bits per heavy atom.